The van der Waals surface area contributed by atoms with Crippen molar-refractivity contribution in [1.82, 2.24) is 20.1 Å². The van der Waals surface area contributed by atoms with Crippen LogP contribution in [0.15, 0.2) is 47.6 Å². The number of carbonyl (C=O) groups is 2. The van der Waals surface area contributed by atoms with Crippen LogP contribution >= 0.6 is 23.4 Å². The third-order valence-electron chi connectivity index (χ3n) is 4.89. The normalized spacial score (nSPS) is 12.1. The van der Waals surface area contributed by atoms with E-state index in [1.807, 2.05) is 48.7 Å². The first-order valence-electron chi connectivity index (χ1n) is 10.1. The van der Waals surface area contributed by atoms with Gasteiger partial charge in [0.05, 0.1) is 23.5 Å². The molecule has 168 valence electrons. The molecule has 3 aromatic rings. The highest BCUT2D eigenvalue weighted by Crippen LogP contribution is 2.31. The zero-order valence-corrected chi connectivity index (χ0v) is 19.8. The summed E-state index contributed by atoms with van der Waals surface area (Å²) < 4.78 is 1.89. The van der Waals surface area contributed by atoms with Gasteiger partial charge in [-0.1, -0.05) is 61.5 Å². The number of carboxylic acids is 1. The monoisotopic (exact) mass is 471 g/mol. The van der Waals surface area contributed by atoms with Crippen LogP contribution in [0.2, 0.25) is 5.02 Å². The lowest BCUT2D eigenvalue weighted by atomic mass is 10.1. The number of thioether (sulfide) groups is 1. The second-order valence-corrected chi connectivity index (χ2v) is 9.22. The summed E-state index contributed by atoms with van der Waals surface area (Å²) in [5.74, 6) is -1.44. The van der Waals surface area contributed by atoms with E-state index < -0.39 is 17.9 Å². The van der Waals surface area contributed by atoms with E-state index in [0.717, 1.165) is 22.4 Å². The van der Waals surface area contributed by atoms with Crippen LogP contribution in [0.4, 0.5) is 0 Å². The summed E-state index contributed by atoms with van der Waals surface area (Å²) in [5.41, 5.74) is 3.77. The summed E-state index contributed by atoms with van der Waals surface area (Å²) in [6, 6.07) is 12.3. The van der Waals surface area contributed by atoms with Gasteiger partial charge >= 0.3 is 0 Å². The molecule has 0 radical (unpaired) electrons. The van der Waals surface area contributed by atoms with Gasteiger partial charge in [0.15, 0.2) is 11.0 Å². The molecule has 32 heavy (non-hydrogen) atoms. The first-order valence-corrected chi connectivity index (χ1v) is 11.5. The molecule has 0 aliphatic heterocycles. The van der Waals surface area contributed by atoms with Crippen LogP contribution in [0.5, 0.6) is 0 Å². The standard InChI is InChI=1S/C23H25ClN4O3S/c1-13(2)20(22(30)31)25-19(29)12-32-23-27-26-21(16-6-5-7-17(24)11-16)28(23)18-10-14(3)8-9-15(18)4/h5-11,13,20H,12H2,1-4H3,(H,25,29)(H,30,31)/p-1/t20-/m1/s1. The largest absolute Gasteiger partial charge is 0.548 e. The van der Waals surface area contributed by atoms with Crippen molar-refractivity contribution in [3.05, 3.63) is 58.6 Å². The minimum absolute atomic E-state index is 0.0188. The number of benzene rings is 2. The molecular formula is C23H24ClN4O3S-. The van der Waals surface area contributed by atoms with E-state index in [1.54, 1.807) is 26.0 Å². The van der Waals surface area contributed by atoms with Gasteiger partial charge < -0.3 is 15.2 Å². The van der Waals surface area contributed by atoms with Crippen LogP contribution < -0.4 is 10.4 Å². The van der Waals surface area contributed by atoms with E-state index in [-0.39, 0.29) is 11.7 Å². The van der Waals surface area contributed by atoms with Gasteiger partial charge in [0.2, 0.25) is 5.91 Å². The van der Waals surface area contributed by atoms with Gasteiger partial charge in [0.25, 0.3) is 0 Å². The molecule has 7 nitrogen and oxygen atoms in total. The van der Waals surface area contributed by atoms with Gasteiger partial charge in [0.1, 0.15) is 0 Å². The van der Waals surface area contributed by atoms with E-state index >= 15 is 0 Å². The Labute approximate surface area is 196 Å². The van der Waals surface area contributed by atoms with E-state index in [9.17, 15) is 14.7 Å². The van der Waals surface area contributed by atoms with E-state index in [1.165, 1.54) is 11.8 Å². The fourth-order valence-electron chi connectivity index (χ4n) is 3.20. The van der Waals surface area contributed by atoms with Crippen molar-refractivity contribution in [2.45, 2.75) is 38.9 Å². The highest BCUT2D eigenvalue weighted by atomic mass is 35.5. The number of aromatic nitrogens is 3. The van der Waals surface area contributed by atoms with Crippen LogP contribution in [0.25, 0.3) is 17.1 Å². The highest BCUT2D eigenvalue weighted by molar-refractivity contribution is 7.99. The summed E-state index contributed by atoms with van der Waals surface area (Å²) in [6.07, 6.45) is 0. The zero-order valence-electron chi connectivity index (χ0n) is 18.3. The first kappa shape index (κ1) is 23.8. The summed E-state index contributed by atoms with van der Waals surface area (Å²) in [6.45, 7) is 7.41. The minimum Gasteiger partial charge on any atom is -0.548 e. The summed E-state index contributed by atoms with van der Waals surface area (Å²) in [4.78, 5) is 23.7. The second kappa shape index (κ2) is 10.2. The van der Waals surface area contributed by atoms with Gasteiger partial charge in [-0.05, 0) is 49.1 Å². The van der Waals surface area contributed by atoms with Gasteiger partial charge in [-0.25, -0.2) is 0 Å². The predicted octanol–water partition coefficient (Wildman–Crippen LogP) is 3.19. The van der Waals surface area contributed by atoms with Crippen LogP contribution in [0.3, 0.4) is 0 Å². The first-order chi connectivity index (χ1) is 15.2. The van der Waals surface area contributed by atoms with Crippen LogP contribution in [0.1, 0.15) is 25.0 Å². The molecule has 1 amide bonds. The molecule has 0 bridgehead atoms. The molecule has 0 unspecified atom stereocenters. The number of nitrogens with one attached hydrogen (secondary N) is 1. The molecule has 0 fully saturated rings. The maximum absolute atomic E-state index is 12.4. The topological polar surface area (TPSA) is 99.9 Å². The van der Waals surface area contributed by atoms with Gasteiger partial charge in [-0.2, -0.15) is 0 Å². The molecule has 0 saturated heterocycles. The minimum atomic E-state index is -1.31. The smallest absolute Gasteiger partial charge is 0.231 e. The number of nitrogens with zero attached hydrogens (tertiary/aromatic N) is 3. The van der Waals surface area contributed by atoms with Gasteiger partial charge in [-0.3, -0.25) is 9.36 Å². The Morgan fingerprint density at radius 2 is 1.91 bits per heavy atom. The highest BCUT2D eigenvalue weighted by Gasteiger charge is 2.21. The quantitative estimate of drug-likeness (QED) is 0.506. The molecule has 0 aliphatic carbocycles. The SMILES string of the molecule is Cc1ccc(C)c(-n2c(SCC(=O)N[C@@H](C(=O)[O-])C(C)C)nnc2-c2cccc(Cl)c2)c1. The molecule has 9 heteroatoms. The third kappa shape index (κ3) is 5.49. The van der Waals surface area contributed by atoms with E-state index in [2.05, 4.69) is 15.5 Å². The number of rotatable bonds is 8. The van der Waals surface area contributed by atoms with Crippen molar-refractivity contribution in [3.63, 3.8) is 0 Å². The lowest BCUT2D eigenvalue weighted by Crippen LogP contribution is -2.51. The van der Waals surface area contributed by atoms with Crippen LogP contribution in [0, 0.1) is 19.8 Å². The predicted molar refractivity (Wildman–Crippen MR) is 124 cm³/mol. The number of amides is 1. The van der Waals surface area contributed by atoms with Crippen LogP contribution in [-0.4, -0.2) is 38.4 Å². The fourth-order valence-corrected chi connectivity index (χ4v) is 4.14. The Balaban J connectivity index is 1.95. The second-order valence-electron chi connectivity index (χ2n) is 7.84. The fraction of sp³-hybridized carbons (Fsp3) is 0.304. The third-order valence-corrected chi connectivity index (χ3v) is 6.06. The Kier molecular flexibility index (Phi) is 7.58. The average Bonchev–Trinajstić information content (AvgIpc) is 3.15. The number of aliphatic carboxylic acids is 1. The van der Waals surface area contributed by atoms with Gasteiger partial charge in [0, 0.05) is 10.6 Å². The number of halogens is 1. The summed E-state index contributed by atoms with van der Waals surface area (Å²) >= 11 is 7.37. The Bertz CT molecular complexity index is 1150. The van der Waals surface area contributed by atoms with Crippen molar-refractivity contribution in [2.24, 2.45) is 5.92 Å². The number of hydrogen-bond acceptors (Lipinski definition) is 6. The molecule has 0 saturated carbocycles. The van der Waals surface area contributed by atoms with Gasteiger partial charge in [-0.15, -0.1) is 10.2 Å². The van der Waals surface area contributed by atoms with Crippen molar-refractivity contribution < 1.29 is 14.7 Å². The number of carboxylic acid groups (broad SMARTS) is 1. The van der Waals surface area contributed by atoms with Crippen molar-refractivity contribution in [3.8, 4) is 17.1 Å². The summed E-state index contributed by atoms with van der Waals surface area (Å²) in [5, 5.41) is 23.6. The molecule has 1 heterocycles. The lowest BCUT2D eigenvalue weighted by Gasteiger charge is -2.23. The molecule has 2 aromatic carbocycles. The number of aryl methyl sites for hydroxylation is 2. The van der Waals surface area contributed by atoms with Crippen molar-refractivity contribution >= 4 is 35.2 Å². The number of carbonyl (C=O) groups excluding carboxylic acids is 2. The van der Waals surface area contributed by atoms with Crippen LogP contribution in [-0.2, 0) is 9.59 Å². The zero-order chi connectivity index (χ0) is 23.4. The molecule has 0 aliphatic rings. The van der Waals surface area contributed by atoms with E-state index in [4.69, 9.17) is 11.6 Å². The molecular weight excluding hydrogens is 448 g/mol. The molecule has 0 spiro atoms. The van der Waals surface area contributed by atoms with Crippen molar-refractivity contribution in [2.75, 3.05) is 5.75 Å². The van der Waals surface area contributed by atoms with E-state index in [0.29, 0.717) is 16.0 Å². The lowest BCUT2D eigenvalue weighted by molar-refractivity contribution is -0.309. The molecule has 1 N–H and O–H groups in total. The summed E-state index contributed by atoms with van der Waals surface area (Å²) in [7, 11) is 0. The maximum atomic E-state index is 12.4. The Morgan fingerprint density at radius 1 is 1.16 bits per heavy atom. The maximum Gasteiger partial charge on any atom is 0.231 e. The molecule has 1 aromatic heterocycles. The molecule has 3 rings (SSSR count). The van der Waals surface area contributed by atoms with Crippen molar-refractivity contribution in [1.29, 1.82) is 0 Å². The Morgan fingerprint density at radius 3 is 2.56 bits per heavy atom. The molecule has 1 atom stereocenters. The Hall–Kier alpha value is -2.84. The average molecular weight is 472 g/mol. The number of hydrogen-bond donors (Lipinski definition) is 1.